The Morgan fingerprint density at radius 3 is 2.20 bits per heavy atom. The predicted molar refractivity (Wildman–Crippen MR) is 40.9 cm³/mol. The van der Waals surface area contributed by atoms with Gasteiger partial charge in [0.2, 0.25) is 0 Å². The van der Waals surface area contributed by atoms with Crippen molar-refractivity contribution in [1.29, 1.82) is 0 Å². The van der Waals surface area contributed by atoms with Crippen molar-refractivity contribution < 1.29 is 4.79 Å². The Morgan fingerprint density at radius 2 is 1.80 bits per heavy atom. The third kappa shape index (κ3) is 1.80. The Balaban J connectivity index is 3.00. The van der Waals surface area contributed by atoms with Crippen LogP contribution in [-0.2, 0) is 0 Å². The summed E-state index contributed by atoms with van der Waals surface area (Å²) in [5, 5.41) is 0. The van der Waals surface area contributed by atoms with Crippen LogP contribution in [0.2, 0.25) is 0 Å². The van der Waals surface area contributed by atoms with E-state index in [1.165, 1.54) is 0 Å². The zero-order valence-corrected chi connectivity index (χ0v) is 9.18. The first-order valence-electron chi connectivity index (χ1n) is 2.81. The first-order valence-corrected chi connectivity index (χ1v) is 4.76. The molecule has 0 bridgehead atoms. The number of carbonyl (C=O) groups excluding carboxylic acids is 1. The van der Waals surface area contributed by atoms with Crippen LogP contribution in [-0.4, -0.2) is 29.1 Å². The van der Waals surface area contributed by atoms with Crippen LogP contribution in [0.25, 0.3) is 0 Å². The molecule has 1 aromatic carbocycles. The van der Waals surface area contributed by atoms with Crippen molar-refractivity contribution in [2.24, 2.45) is 0 Å². The molecule has 0 atom stereocenters. The number of nitrogens with two attached hydrogens (primary N) is 1. The third-order valence-corrected chi connectivity index (χ3v) is 2.30. The summed E-state index contributed by atoms with van der Waals surface area (Å²) < 4.78 is 0.208. The normalized spacial score (nSPS) is 9.30. The van der Waals surface area contributed by atoms with Crippen LogP contribution in [0, 0.1) is 0 Å². The Hall–Kier alpha value is -0.388. The SMILES string of the molecule is Nc1ccc([C](=O)[Pb])cc1. The average Bonchev–Trinajstić information content (AvgIpc) is 1.88. The van der Waals surface area contributed by atoms with Gasteiger partial charge in [0.15, 0.2) is 0 Å². The van der Waals surface area contributed by atoms with Crippen LogP contribution in [0.3, 0.4) is 0 Å². The van der Waals surface area contributed by atoms with Crippen LogP contribution in [0.1, 0.15) is 10.4 Å². The Bertz CT molecular complexity index is 242. The maximum absolute atomic E-state index is 10.8. The number of nitrogen functional groups attached to an aromatic ring is 1. The fourth-order valence-electron chi connectivity index (χ4n) is 0.634. The summed E-state index contributed by atoms with van der Waals surface area (Å²) in [4.78, 5) is 10.8. The molecule has 0 aromatic heterocycles. The van der Waals surface area contributed by atoms with Gasteiger partial charge in [0.25, 0.3) is 0 Å². The zero-order valence-electron chi connectivity index (χ0n) is 5.29. The van der Waals surface area contributed by atoms with Gasteiger partial charge < -0.3 is 0 Å². The van der Waals surface area contributed by atoms with E-state index in [1.807, 2.05) is 0 Å². The molecule has 0 aliphatic rings. The van der Waals surface area contributed by atoms with E-state index in [4.69, 9.17) is 5.73 Å². The minimum absolute atomic E-state index is 0.208. The van der Waals surface area contributed by atoms with Crippen molar-refractivity contribution in [3.05, 3.63) is 29.8 Å². The fraction of sp³-hybridized carbons (Fsp3) is 0. The van der Waals surface area contributed by atoms with Crippen molar-refractivity contribution >= 4 is 34.8 Å². The summed E-state index contributed by atoms with van der Waals surface area (Å²) >= 11 is 0.575. The van der Waals surface area contributed by atoms with Gasteiger partial charge in [-0.05, 0) is 0 Å². The number of hydrogen-bond donors (Lipinski definition) is 1. The number of carbonyl (C=O) groups is 1. The van der Waals surface area contributed by atoms with Gasteiger partial charge in [-0.3, -0.25) is 0 Å². The summed E-state index contributed by atoms with van der Waals surface area (Å²) in [5.41, 5.74) is 6.89. The molecule has 0 unspecified atom stereocenters. The third-order valence-electron chi connectivity index (χ3n) is 1.17. The molecule has 0 heterocycles. The van der Waals surface area contributed by atoms with E-state index in [0.29, 0.717) is 31.5 Å². The molecule has 1 aromatic rings. The van der Waals surface area contributed by atoms with E-state index in [-0.39, 0.29) is 3.34 Å². The minimum atomic E-state index is 0.208. The van der Waals surface area contributed by atoms with Crippen molar-refractivity contribution in [2.75, 3.05) is 5.73 Å². The summed E-state index contributed by atoms with van der Waals surface area (Å²) in [5.74, 6) is 0. The van der Waals surface area contributed by atoms with Crippen molar-refractivity contribution in [1.82, 2.24) is 0 Å². The van der Waals surface area contributed by atoms with Gasteiger partial charge in [0, 0.05) is 0 Å². The van der Waals surface area contributed by atoms with E-state index in [2.05, 4.69) is 0 Å². The van der Waals surface area contributed by atoms with Crippen LogP contribution in [0.5, 0.6) is 0 Å². The number of benzene rings is 1. The topological polar surface area (TPSA) is 43.1 Å². The molecule has 2 nitrogen and oxygen atoms in total. The molecular weight excluding hydrogens is 321 g/mol. The monoisotopic (exact) mass is 328 g/mol. The molecule has 0 fully saturated rings. The second kappa shape index (κ2) is 3.14. The molecule has 10 heavy (non-hydrogen) atoms. The molecule has 1 rings (SSSR count). The van der Waals surface area contributed by atoms with Crippen LogP contribution >= 0.6 is 0 Å². The first-order chi connectivity index (χ1) is 4.70. The Morgan fingerprint density at radius 1 is 1.30 bits per heavy atom. The molecule has 49 valence electrons. The molecule has 0 aliphatic heterocycles. The molecule has 0 aliphatic carbocycles. The summed E-state index contributed by atoms with van der Waals surface area (Å²) in [6.45, 7) is 0. The second-order valence-corrected chi connectivity index (χ2v) is 3.72. The van der Waals surface area contributed by atoms with Crippen LogP contribution < -0.4 is 5.73 Å². The predicted octanol–water partition coefficient (Wildman–Crippen LogP) is 0.578. The van der Waals surface area contributed by atoms with Gasteiger partial charge in [0.05, 0.1) is 0 Å². The van der Waals surface area contributed by atoms with Crippen LogP contribution in [0.15, 0.2) is 24.3 Å². The van der Waals surface area contributed by atoms with Crippen molar-refractivity contribution in [2.45, 2.75) is 0 Å². The molecule has 0 saturated heterocycles. The van der Waals surface area contributed by atoms with E-state index in [1.54, 1.807) is 24.3 Å². The molecule has 3 radical (unpaired) electrons. The molecule has 0 spiro atoms. The molecular formula is C7H6NOPb. The zero-order chi connectivity index (χ0) is 7.56. The van der Waals surface area contributed by atoms with Gasteiger partial charge >= 0.3 is 75.2 Å². The summed E-state index contributed by atoms with van der Waals surface area (Å²) in [7, 11) is 0. The summed E-state index contributed by atoms with van der Waals surface area (Å²) in [6, 6.07) is 6.99. The van der Waals surface area contributed by atoms with Crippen molar-refractivity contribution in [3.8, 4) is 0 Å². The molecule has 0 amide bonds. The van der Waals surface area contributed by atoms with E-state index in [9.17, 15) is 4.79 Å². The molecule has 2 N–H and O–H groups in total. The van der Waals surface area contributed by atoms with Gasteiger partial charge in [-0.1, -0.05) is 0 Å². The van der Waals surface area contributed by atoms with E-state index in [0.717, 1.165) is 5.56 Å². The standard InChI is InChI=1S/C7H6NO.Pb/c8-7-3-1-6(5-9)2-4-7;/h1-4H,8H2;. The van der Waals surface area contributed by atoms with Crippen molar-refractivity contribution in [3.63, 3.8) is 0 Å². The Kier molecular flexibility index (Phi) is 2.42. The second-order valence-electron chi connectivity index (χ2n) is 1.95. The number of anilines is 1. The van der Waals surface area contributed by atoms with Crippen LogP contribution in [0.4, 0.5) is 5.69 Å². The van der Waals surface area contributed by atoms with Gasteiger partial charge in [-0.15, -0.1) is 0 Å². The maximum atomic E-state index is 10.8. The average molecular weight is 327 g/mol. The van der Waals surface area contributed by atoms with Gasteiger partial charge in [0.1, 0.15) is 0 Å². The molecule has 3 heteroatoms. The fourth-order valence-corrected chi connectivity index (χ4v) is 1.28. The number of rotatable bonds is 1. The quantitative estimate of drug-likeness (QED) is 0.606. The van der Waals surface area contributed by atoms with E-state index < -0.39 is 0 Å². The van der Waals surface area contributed by atoms with Gasteiger partial charge in [-0.25, -0.2) is 0 Å². The first kappa shape index (κ1) is 7.72. The number of hydrogen-bond acceptors (Lipinski definition) is 2. The molecule has 0 saturated carbocycles. The van der Waals surface area contributed by atoms with Gasteiger partial charge in [-0.2, -0.15) is 0 Å². The van der Waals surface area contributed by atoms with E-state index >= 15 is 0 Å². The Labute approximate surface area is 75.1 Å². The summed E-state index contributed by atoms with van der Waals surface area (Å²) in [6.07, 6.45) is 0.